The number of benzene rings is 1. The zero-order chi connectivity index (χ0) is 13.8. The first-order chi connectivity index (χ1) is 9.17. The van der Waals surface area contributed by atoms with E-state index in [1.165, 1.54) is 16.8 Å². The lowest BCUT2D eigenvalue weighted by Gasteiger charge is -2.21. The molecule has 0 aliphatic rings. The number of hydrogen-bond acceptors (Lipinski definition) is 2. The summed E-state index contributed by atoms with van der Waals surface area (Å²) in [6.45, 7) is 8.22. The minimum Gasteiger partial charge on any atom is -0.305 e. The molecule has 1 aromatic heterocycles. The minimum atomic E-state index is 0.195. The molecule has 1 unspecified atom stereocenters. The summed E-state index contributed by atoms with van der Waals surface area (Å²) in [5.41, 5.74) is 3.80. The molecule has 1 N–H and O–H groups in total. The first kappa shape index (κ1) is 14.3. The third-order valence-corrected chi connectivity index (χ3v) is 3.79. The van der Waals surface area contributed by atoms with Crippen LogP contribution in [0.3, 0.4) is 0 Å². The largest absolute Gasteiger partial charge is 0.305 e. The third-order valence-electron chi connectivity index (χ3n) is 3.30. The summed E-state index contributed by atoms with van der Waals surface area (Å²) in [5.74, 6) is 0. The molecule has 0 amide bonds. The average molecular weight is 322 g/mol. The topological polar surface area (TPSA) is 29.9 Å². The number of aromatic nitrogens is 2. The van der Waals surface area contributed by atoms with Crippen LogP contribution < -0.4 is 5.32 Å². The Morgan fingerprint density at radius 1 is 1.32 bits per heavy atom. The molecule has 0 spiro atoms. The fourth-order valence-corrected chi connectivity index (χ4v) is 2.87. The number of aryl methyl sites for hydroxylation is 2. The molecule has 2 aromatic rings. The van der Waals surface area contributed by atoms with Crippen molar-refractivity contribution < 1.29 is 0 Å². The first-order valence-corrected chi connectivity index (χ1v) is 7.47. The van der Waals surface area contributed by atoms with E-state index in [9.17, 15) is 0 Å². The smallest absolute Gasteiger partial charge is 0.0750 e. The second kappa shape index (κ2) is 6.35. The summed E-state index contributed by atoms with van der Waals surface area (Å²) < 4.78 is 3.17. The van der Waals surface area contributed by atoms with Gasteiger partial charge in [-0.05, 0) is 49.7 Å². The number of nitrogens with zero attached hydrogens (tertiary/aromatic N) is 2. The number of nitrogens with one attached hydrogen (secondary N) is 1. The summed E-state index contributed by atoms with van der Waals surface area (Å²) in [5, 5.41) is 7.94. The summed E-state index contributed by atoms with van der Waals surface area (Å²) in [6.07, 6.45) is 1.87. The van der Waals surface area contributed by atoms with E-state index in [1.807, 2.05) is 6.20 Å². The highest BCUT2D eigenvalue weighted by molar-refractivity contribution is 9.10. The third kappa shape index (κ3) is 3.07. The second-order valence-corrected chi connectivity index (χ2v) is 5.48. The predicted octanol–water partition coefficient (Wildman–Crippen LogP) is 3.67. The highest BCUT2D eigenvalue weighted by Gasteiger charge is 2.18. The maximum absolute atomic E-state index is 4.38. The van der Waals surface area contributed by atoms with Gasteiger partial charge in [0.2, 0.25) is 0 Å². The van der Waals surface area contributed by atoms with E-state index in [0.717, 1.165) is 17.6 Å². The van der Waals surface area contributed by atoms with E-state index < -0.39 is 0 Å². The molecule has 1 heterocycles. The highest BCUT2D eigenvalue weighted by atomic mass is 79.9. The second-order valence-electron chi connectivity index (χ2n) is 4.56. The van der Waals surface area contributed by atoms with Crippen LogP contribution in [-0.2, 0) is 6.54 Å². The molecule has 3 nitrogen and oxygen atoms in total. The van der Waals surface area contributed by atoms with Crippen molar-refractivity contribution in [1.82, 2.24) is 15.1 Å². The molecule has 0 saturated heterocycles. The molecule has 102 valence electrons. The van der Waals surface area contributed by atoms with Crippen LogP contribution in [0.25, 0.3) is 0 Å². The van der Waals surface area contributed by atoms with Crippen LogP contribution in [0.4, 0.5) is 0 Å². The molecular formula is C15H20BrN3. The van der Waals surface area contributed by atoms with Crippen LogP contribution in [0.15, 0.2) is 34.9 Å². The molecular weight excluding hydrogens is 302 g/mol. The Labute approximate surface area is 123 Å². The molecule has 2 rings (SSSR count). The van der Waals surface area contributed by atoms with Crippen LogP contribution in [-0.4, -0.2) is 16.3 Å². The lowest BCUT2D eigenvalue weighted by molar-refractivity contribution is 0.541. The molecule has 19 heavy (non-hydrogen) atoms. The van der Waals surface area contributed by atoms with Crippen molar-refractivity contribution >= 4 is 15.9 Å². The maximum Gasteiger partial charge on any atom is 0.0750 e. The van der Waals surface area contributed by atoms with Crippen molar-refractivity contribution in [3.63, 3.8) is 0 Å². The Kier molecular flexibility index (Phi) is 4.77. The summed E-state index contributed by atoms with van der Waals surface area (Å²) in [4.78, 5) is 0. The van der Waals surface area contributed by atoms with E-state index in [4.69, 9.17) is 0 Å². The number of halogens is 1. The number of rotatable bonds is 5. The molecule has 1 atom stereocenters. The Morgan fingerprint density at radius 2 is 2.11 bits per heavy atom. The Bertz CT molecular complexity index is 548. The van der Waals surface area contributed by atoms with Gasteiger partial charge in [-0.3, -0.25) is 4.68 Å². The van der Waals surface area contributed by atoms with Crippen molar-refractivity contribution in [2.75, 3.05) is 6.54 Å². The molecule has 0 saturated carbocycles. The van der Waals surface area contributed by atoms with Gasteiger partial charge in [0.05, 0.1) is 11.7 Å². The van der Waals surface area contributed by atoms with Crippen LogP contribution >= 0.6 is 15.9 Å². The molecule has 0 aliphatic heterocycles. The van der Waals surface area contributed by atoms with Gasteiger partial charge in [0, 0.05) is 17.2 Å². The van der Waals surface area contributed by atoms with Gasteiger partial charge in [-0.25, -0.2) is 0 Å². The monoisotopic (exact) mass is 321 g/mol. The van der Waals surface area contributed by atoms with Gasteiger partial charge < -0.3 is 5.32 Å². The van der Waals surface area contributed by atoms with Gasteiger partial charge in [0.25, 0.3) is 0 Å². The summed E-state index contributed by atoms with van der Waals surface area (Å²) in [7, 11) is 0. The number of hydrogen-bond donors (Lipinski definition) is 1. The van der Waals surface area contributed by atoms with Gasteiger partial charge >= 0.3 is 0 Å². The van der Waals surface area contributed by atoms with Gasteiger partial charge in [0.15, 0.2) is 0 Å². The lowest BCUT2D eigenvalue weighted by Crippen LogP contribution is -2.25. The van der Waals surface area contributed by atoms with E-state index in [0.29, 0.717) is 0 Å². The van der Waals surface area contributed by atoms with Crippen molar-refractivity contribution in [3.8, 4) is 0 Å². The molecule has 0 bridgehead atoms. The Hall–Kier alpha value is -1.13. The van der Waals surface area contributed by atoms with Crippen LogP contribution in [0.1, 0.15) is 36.7 Å². The van der Waals surface area contributed by atoms with Crippen LogP contribution in [0, 0.1) is 6.92 Å². The van der Waals surface area contributed by atoms with Crippen LogP contribution in [0.2, 0.25) is 0 Å². The predicted molar refractivity (Wildman–Crippen MR) is 82.3 cm³/mol. The zero-order valence-electron chi connectivity index (χ0n) is 11.7. The SMILES string of the molecule is CCNC(c1ccc(Br)cc1C)c1ccnn1CC. The van der Waals surface area contributed by atoms with Crippen molar-refractivity contribution in [2.24, 2.45) is 0 Å². The molecule has 4 heteroatoms. The minimum absolute atomic E-state index is 0.195. The zero-order valence-corrected chi connectivity index (χ0v) is 13.2. The molecule has 0 fully saturated rings. The summed E-state index contributed by atoms with van der Waals surface area (Å²) in [6, 6.07) is 8.73. The highest BCUT2D eigenvalue weighted by Crippen LogP contribution is 2.27. The fourth-order valence-electron chi connectivity index (χ4n) is 2.39. The van der Waals surface area contributed by atoms with Gasteiger partial charge in [-0.15, -0.1) is 0 Å². The lowest BCUT2D eigenvalue weighted by atomic mass is 9.98. The van der Waals surface area contributed by atoms with E-state index in [-0.39, 0.29) is 6.04 Å². The van der Waals surface area contributed by atoms with Gasteiger partial charge in [0.1, 0.15) is 0 Å². The van der Waals surface area contributed by atoms with Gasteiger partial charge in [-0.1, -0.05) is 28.9 Å². The van der Waals surface area contributed by atoms with E-state index in [2.05, 4.69) is 76.1 Å². The fraction of sp³-hybridized carbons (Fsp3) is 0.400. The van der Waals surface area contributed by atoms with Gasteiger partial charge in [-0.2, -0.15) is 5.10 Å². The summed E-state index contributed by atoms with van der Waals surface area (Å²) >= 11 is 3.52. The van der Waals surface area contributed by atoms with E-state index in [1.54, 1.807) is 0 Å². The quantitative estimate of drug-likeness (QED) is 0.910. The Morgan fingerprint density at radius 3 is 2.74 bits per heavy atom. The molecule has 1 aromatic carbocycles. The molecule has 0 radical (unpaired) electrons. The normalized spacial score (nSPS) is 12.6. The van der Waals surface area contributed by atoms with Crippen molar-refractivity contribution in [3.05, 3.63) is 51.8 Å². The average Bonchev–Trinajstić information content (AvgIpc) is 2.85. The van der Waals surface area contributed by atoms with E-state index >= 15 is 0 Å². The van der Waals surface area contributed by atoms with Crippen LogP contribution in [0.5, 0.6) is 0 Å². The van der Waals surface area contributed by atoms with Crippen molar-refractivity contribution in [2.45, 2.75) is 33.4 Å². The first-order valence-electron chi connectivity index (χ1n) is 6.68. The standard InChI is InChI=1S/C15H20BrN3/c1-4-17-15(14-8-9-18-19(14)5-2)13-7-6-12(16)10-11(13)3/h6-10,15,17H,4-5H2,1-3H3. The Balaban J connectivity index is 2.45. The molecule has 0 aliphatic carbocycles. The maximum atomic E-state index is 4.38. The van der Waals surface area contributed by atoms with Crippen molar-refractivity contribution in [1.29, 1.82) is 0 Å².